The van der Waals surface area contributed by atoms with Crippen LogP contribution in [0.4, 0.5) is 0 Å². The first-order chi connectivity index (χ1) is 15.6. The van der Waals surface area contributed by atoms with Gasteiger partial charge in [0.15, 0.2) is 0 Å². The monoisotopic (exact) mass is 432 g/mol. The summed E-state index contributed by atoms with van der Waals surface area (Å²) in [4.78, 5) is 16.7. The van der Waals surface area contributed by atoms with Crippen molar-refractivity contribution in [3.63, 3.8) is 0 Å². The van der Waals surface area contributed by atoms with Gasteiger partial charge in [0, 0.05) is 30.7 Å². The molecular formula is C28H36N2O2. The van der Waals surface area contributed by atoms with E-state index in [1.54, 1.807) is 7.11 Å². The molecule has 3 rings (SSSR count). The summed E-state index contributed by atoms with van der Waals surface area (Å²) in [7, 11) is 1.69. The van der Waals surface area contributed by atoms with Gasteiger partial charge in [-0.05, 0) is 59.2 Å². The molecule has 0 fully saturated rings. The fourth-order valence-corrected chi connectivity index (χ4v) is 4.23. The first-order valence-corrected chi connectivity index (χ1v) is 11.9. The number of pyridine rings is 1. The van der Waals surface area contributed by atoms with Gasteiger partial charge in [0.25, 0.3) is 0 Å². The highest BCUT2D eigenvalue weighted by Gasteiger charge is 2.11. The van der Waals surface area contributed by atoms with Crippen LogP contribution in [-0.4, -0.2) is 18.0 Å². The lowest BCUT2D eigenvalue weighted by molar-refractivity contribution is -0.121. The van der Waals surface area contributed by atoms with Gasteiger partial charge in [-0.1, -0.05) is 63.6 Å². The Balaban J connectivity index is 1.63. The van der Waals surface area contributed by atoms with Crippen molar-refractivity contribution in [2.45, 2.75) is 71.8 Å². The first-order valence-electron chi connectivity index (χ1n) is 11.9. The Kier molecular flexibility index (Phi) is 9.09. The summed E-state index contributed by atoms with van der Waals surface area (Å²) in [5, 5.41) is 5.32. The zero-order valence-electron chi connectivity index (χ0n) is 19.7. The minimum atomic E-state index is 0.130. The predicted molar refractivity (Wildman–Crippen MR) is 133 cm³/mol. The van der Waals surface area contributed by atoms with E-state index in [1.165, 1.54) is 32.1 Å². The highest BCUT2D eigenvalue weighted by atomic mass is 16.5. The molecule has 4 nitrogen and oxygen atoms in total. The molecule has 0 bridgehead atoms. The van der Waals surface area contributed by atoms with Crippen LogP contribution < -0.4 is 10.1 Å². The first kappa shape index (κ1) is 23.8. The maximum Gasteiger partial charge on any atom is 0.220 e. The molecule has 0 aliphatic heterocycles. The molecule has 170 valence electrons. The number of unbranched alkanes of at least 4 members (excludes halogenated alkanes) is 6. The zero-order chi connectivity index (χ0) is 22.8. The van der Waals surface area contributed by atoms with Crippen LogP contribution >= 0.6 is 0 Å². The predicted octanol–water partition coefficient (Wildman–Crippen LogP) is 6.98. The molecule has 32 heavy (non-hydrogen) atoms. The van der Waals surface area contributed by atoms with E-state index in [0.717, 1.165) is 51.6 Å². The lowest BCUT2D eigenvalue weighted by Crippen LogP contribution is -2.22. The summed E-state index contributed by atoms with van der Waals surface area (Å²) in [6.07, 6.45) is 12.9. The minimum absolute atomic E-state index is 0.130. The molecule has 1 heterocycles. The topological polar surface area (TPSA) is 51.2 Å². The van der Waals surface area contributed by atoms with Gasteiger partial charge in [-0.2, -0.15) is 0 Å². The number of hydrogen-bond acceptors (Lipinski definition) is 3. The van der Waals surface area contributed by atoms with Crippen molar-refractivity contribution in [3.8, 4) is 16.9 Å². The quantitative estimate of drug-likeness (QED) is 0.314. The second-order valence-electron chi connectivity index (χ2n) is 8.53. The number of hydrogen-bond donors (Lipinski definition) is 1. The second-order valence-corrected chi connectivity index (χ2v) is 8.53. The average Bonchev–Trinajstić information content (AvgIpc) is 2.82. The fraction of sp³-hybridized carbons (Fsp3) is 0.429. The zero-order valence-corrected chi connectivity index (χ0v) is 19.7. The van der Waals surface area contributed by atoms with Gasteiger partial charge in [0.05, 0.1) is 7.11 Å². The number of aromatic nitrogens is 1. The third-order valence-electron chi connectivity index (χ3n) is 6.10. The molecule has 1 aromatic heterocycles. The van der Waals surface area contributed by atoms with Gasteiger partial charge in [-0.3, -0.25) is 9.78 Å². The molecule has 0 saturated heterocycles. The van der Waals surface area contributed by atoms with Crippen molar-refractivity contribution in [2.24, 2.45) is 0 Å². The number of aryl methyl sites for hydroxylation is 1. The number of carbonyl (C=O) groups excluding carboxylic acids is 1. The Morgan fingerprint density at radius 3 is 2.50 bits per heavy atom. The van der Waals surface area contributed by atoms with Crippen LogP contribution in [0.5, 0.6) is 5.75 Å². The van der Waals surface area contributed by atoms with Crippen LogP contribution in [0.15, 0.2) is 48.8 Å². The summed E-state index contributed by atoms with van der Waals surface area (Å²) in [5.41, 5.74) is 4.50. The molecule has 1 N–H and O–H groups in total. The van der Waals surface area contributed by atoms with Crippen LogP contribution in [0, 0.1) is 6.92 Å². The number of rotatable bonds is 12. The van der Waals surface area contributed by atoms with Crippen molar-refractivity contribution >= 4 is 16.7 Å². The summed E-state index contributed by atoms with van der Waals surface area (Å²) in [6.45, 7) is 4.82. The van der Waals surface area contributed by atoms with E-state index in [0.29, 0.717) is 13.0 Å². The number of nitrogens with one attached hydrogen (secondary N) is 1. The van der Waals surface area contributed by atoms with Crippen molar-refractivity contribution in [3.05, 3.63) is 59.9 Å². The van der Waals surface area contributed by atoms with E-state index in [2.05, 4.69) is 48.4 Å². The van der Waals surface area contributed by atoms with E-state index < -0.39 is 0 Å². The number of methoxy groups -OCH3 is 1. The van der Waals surface area contributed by atoms with Crippen LogP contribution in [0.2, 0.25) is 0 Å². The number of fused-ring (bicyclic) bond motifs is 1. The molecule has 3 aromatic rings. The second kappa shape index (κ2) is 12.2. The van der Waals surface area contributed by atoms with E-state index in [-0.39, 0.29) is 5.91 Å². The van der Waals surface area contributed by atoms with E-state index in [1.807, 2.05) is 24.5 Å². The molecule has 0 unspecified atom stereocenters. The Morgan fingerprint density at radius 1 is 0.969 bits per heavy atom. The summed E-state index contributed by atoms with van der Waals surface area (Å²) in [6, 6.07) is 12.5. The molecule has 0 aliphatic rings. The van der Waals surface area contributed by atoms with Crippen molar-refractivity contribution < 1.29 is 9.53 Å². The standard InChI is InChI=1S/C28H36N2O2/c1-4-5-6-7-8-9-10-11-28(31)30-19-23-12-14-24(25-16-17-29-20-26(23)25)22-13-15-27(32-3)21(2)18-22/h12-18,20H,4-11,19H2,1-3H3,(H,30,31). The van der Waals surface area contributed by atoms with E-state index >= 15 is 0 Å². The van der Waals surface area contributed by atoms with Crippen LogP contribution in [-0.2, 0) is 11.3 Å². The maximum absolute atomic E-state index is 12.3. The Bertz CT molecular complexity index is 1030. The van der Waals surface area contributed by atoms with Crippen LogP contribution in [0.3, 0.4) is 0 Å². The molecular weight excluding hydrogens is 396 g/mol. The number of nitrogens with zero attached hydrogens (tertiary/aromatic N) is 1. The number of amides is 1. The highest BCUT2D eigenvalue weighted by molar-refractivity contribution is 5.98. The Morgan fingerprint density at radius 2 is 1.75 bits per heavy atom. The van der Waals surface area contributed by atoms with Crippen molar-refractivity contribution in [1.29, 1.82) is 0 Å². The summed E-state index contributed by atoms with van der Waals surface area (Å²) >= 11 is 0. The molecule has 0 aliphatic carbocycles. The lowest BCUT2D eigenvalue weighted by Gasteiger charge is -2.13. The molecule has 0 atom stereocenters. The largest absolute Gasteiger partial charge is 0.496 e. The lowest BCUT2D eigenvalue weighted by atomic mass is 9.95. The molecule has 0 saturated carbocycles. The van der Waals surface area contributed by atoms with E-state index in [9.17, 15) is 4.79 Å². The highest BCUT2D eigenvalue weighted by Crippen LogP contribution is 2.33. The normalized spacial score (nSPS) is 11.0. The molecule has 1 amide bonds. The summed E-state index contributed by atoms with van der Waals surface area (Å²) in [5.74, 6) is 1.02. The van der Waals surface area contributed by atoms with Crippen molar-refractivity contribution in [1.82, 2.24) is 10.3 Å². The Hall–Kier alpha value is -2.88. The van der Waals surface area contributed by atoms with Crippen LogP contribution in [0.1, 0.15) is 69.4 Å². The van der Waals surface area contributed by atoms with Gasteiger partial charge in [-0.25, -0.2) is 0 Å². The number of ether oxygens (including phenoxy) is 1. The van der Waals surface area contributed by atoms with Gasteiger partial charge in [0.1, 0.15) is 5.75 Å². The van der Waals surface area contributed by atoms with Crippen LogP contribution in [0.25, 0.3) is 21.9 Å². The third-order valence-corrected chi connectivity index (χ3v) is 6.10. The third kappa shape index (κ3) is 6.32. The van der Waals surface area contributed by atoms with Gasteiger partial charge >= 0.3 is 0 Å². The molecule has 4 heteroatoms. The molecule has 0 radical (unpaired) electrons. The van der Waals surface area contributed by atoms with Gasteiger partial charge < -0.3 is 10.1 Å². The summed E-state index contributed by atoms with van der Waals surface area (Å²) < 4.78 is 5.40. The Labute approximate surface area is 192 Å². The van der Waals surface area contributed by atoms with Gasteiger partial charge in [0.2, 0.25) is 5.91 Å². The van der Waals surface area contributed by atoms with E-state index in [4.69, 9.17) is 4.74 Å². The average molecular weight is 433 g/mol. The molecule has 0 spiro atoms. The molecule has 2 aromatic carbocycles. The number of carbonyl (C=O) groups is 1. The van der Waals surface area contributed by atoms with Gasteiger partial charge in [-0.15, -0.1) is 0 Å². The smallest absolute Gasteiger partial charge is 0.220 e. The maximum atomic E-state index is 12.3. The van der Waals surface area contributed by atoms with Crippen molar-refractivity contribution in [2.75, 3.05) is 7.11 Å². The number of benzene rings is 2. The fourth-order valence-electron chi connectivity index (χ4n) is 4.23. The minimum Gasteiger partial charge on any atom is -0.496 e. The SMILES string of the molecule is CCCCCCCCCC(=O)NCc1ccc(-c2ccc(OC)c(C)c2)c2ccncc12.